The van der Waals surface area contributed by atoms with Crippen LogP contribution in [-0.2, 0) is 11.3 Å². The van der Waals surface area contributed by atoms with E-state index in [2.05, 4.69) is 17.3 Å². The van der Waals surface area contributed by atoms with Crippen molar-refractivity contribution in [3.05, 3.63) is 16.9 Å². The van der Waals surface area contributed by atoms with Crippen LogP contribution in [0.2, 0.25) is 5.02 Å². The lowest BCUT2D eigenvalue weighted by Crippen LogP contribution is -2.34. The third kappa shape index (κ3) is 2.49. The molecule has 96 valence electrons. The molecule has 4 nitrogen and oxygen atoms in total. The van der Waals surface area contributed by atoms with Gasteiger partial charge in [-0.25, -0.2) is 0 Å². The largest absolute Gasteiger partial charge is 0.379 e. The molecule has 17 heavy (non-hydrogen) atoms. The highest BCUT2D eigenvalue weighted by atomic mass is 35.5. The minimum absolute atomic E-state index is 0.113. The Morgan fingerprint density at radius 2 is 2.35 bits per heavy atom. The Morgan fingerprint density at radius 3 is 2.82 bits per heavy atom. The average molecular weight is 258 g/mol. The van der Waals surface area contributed by atoms with Gasteiger partial charge < -0.3 is 10.1 Å². The summed E-state index contributed by atoms with van der Waals surface area (Å²) in [5.74, 6) is 0.647. The molecule has 0 radical (unpaired) electrons. The molecule has 2 atom stereocenters. The molecule has 0 saturated heterocycles. The molecule has 1 aliphatic carbocycles. The minimum Gasteiger partial charge on any atom is -0.379 e. The van der Waals surface area contributed by atoms with E-state index < -0.39 is 0 Å². The van der Waals surface area contributed by atoms with E-state index >= 15 is 0 Å². The quantitative estimate of drug-likeness (QED) is 0.850. The first-order chi connectivity index (χ1) is 8.22. The van der Waals surface area contributed by atoms with Crippen molar-refractivity contribution in [2.45, 2.75) is 38.5 Å². The van der Waals surface area contributed by atoms with Crippen molar-refractivity contribution in [1.29, 1.82) is 0 Å². The van der Waals surface area contributed by atoms with Gasteiger partial charge in [0.15, 0.2) is 0 Å². The first-order valence-electron chi connectivity index (χ1n) is 6.14. The van der Waals surface area contributed by atoms with Gasteiger partial charge in [0.1, 0.15) is 0 Å². The Labute approximate surface area is 107 Å². The molecule has 5 heteroatoms. The molecular weight excluding hydrogens is 238 g/mol. The number of likely N-dealkylation sites (N-methyl/N-ethyl adjacent to an activating group) is 1. The lowest BCUT2D eigenvalue weighted by Gasteiger charge is -2.26. The van der Waals surface area contributed by atoms with E-state index in [9.17, 15) is 0 Å². The molecule has 0 aliphatic heterocycles. The van der Waals surface area contributed by atoms with Crippen LogP contribution in [0.5, 0.6) is 0 Å². The van der Waals surface area contributed by atoms with Crippen LogP contribution in [0.4, 0.5) is 0 Å². The van der Waals surface area contributed by atoms with Gasteiger partial charge in [0.05, 0.1) is 29.1 Å². The van der Waals surface area contributed by atoms with Gasteiger partial charge in [0.25, 0.3) is 0 Å². The van der Waals surface area contributed by atoms with Gasteiger partial charge in [0.2, 0.25) is 0 Å². The molecule has 2 rings (SSSR count). The first kappa shape index (κ1) is 12.9. The van der Waals surface area contributed by atoms with Crippen LogP contribution in [0, 0.1) is 5.92 Å². The lowest BCUT2D eigenvalue weighted by atomic mass is 10.0. The number of nitrogens with zero attached hydrogens (tertiary/aromatic N) is 2. The number of aromatic nitrogens is 2. The number of nitrogens with one attached hydrogen (secondary N) is 1. The van der Waals surface area contributed by atoms with Crippen LogP contribution in [0.15, 0.2) is 6.20 Å². The topological polar surface area (TPSA) is 39.1 Å². The number of hydrogen-bond donors (Lipinski definition) is 1. The van der Waals surface area contributed by atoms with Crippen LogP contribution < -0.4 is 5.32 Å². The van der Waals surface area contributed by atoms with E-state index in [1.165, 1.54) is 12.8 Å². The number of methoxy groups -OCH3 is 1. The van der Waals surface area contributed by atoms with E-state index in [-0.39, 0.29) is 12.1 Å². The highest BCUT2D eigenvalue weighted by Crippen LogP contribution is 2.40. The monoisotopic (exact) mass is 257 g/mol. The summed E-state index contributed by atoms with van der Waals surface area (Å²) in [4.78, 5) is 0. The summed E-state index contributed by atoms with van der Waals surface area (Å²) in [5, 5.41) is 8.33. The molecule has 1 N–H and O–H groups in total. The van der Waals surface area contributed by atoms with E-state index in [0.717, 1.165) is 12.2 Å². The SMILES string of the molecule is CCn1ncc(Cl)c1C(NC)C(OC)C1CC1. The second-order valence-corrected chi connectivity index (χ2v) is 4.90. The van der Waals surface area contributed by atoms with E-state index in [4.69, 9.17) is 16.3 Å². The van der Waals surface area contributed by atoms with Crippen molar-refractivity contribution in [2.24, 2.45) is 5.92 Å². The Hall–Kier alpha value is -0.580. The number of rotatable bonds is 6. The molecular formula is C12H20ClN3O. The van der Waals surface area contributed by atoms with Gasteiger partial charge in [-0.15, -0.1) is 0 Å². The van der Waals surface area contributed by atoms with Crippen molar-refractivity contribution >= 4 is 11.6 Å². The Bertz CT molecular complexity index is 376. The van der Waals surface area contributed by atoms with Crippen LogP contribution in [-0.4, -0.2) is 30.0 Å². The van der Waals surface area contributed by atoms with Crippen molar-refractivity contribution in [3.63, 3.8) is 0 Å². The van der Waals surface area contributed by atoms with Gasteiger partial charge in [0, 0.05) is 13.7 Å². The molecule has 1 fully saturated rings. The first-order valence-corrected chi connectivity index (χ1v) is 6.52. The maximum absolute atomic E-state index is 6.24. The van der Waals surface area contributed by atoms with Gasteiger partial charge >= 0.3 is 0 Å². The summed E-state index contributed by atoms with van der Waals surface area (Å²) in [6.07, 6.45) is 4.38. The molecule has 2 unspecified atom stereocenters. The fraction of sp³-hybridized carbons (Fsp3) is 0.750. The van der Waals surface area contributed by atoms with Gasteiger partial charge in [-0.1, -0.05) is 11.6 Å². The number of aryl methyl sites for hydroxylation is 1. The molecule has 1 saturated carbocycles. The number of halogens is 1. The predicted molar refractivity (Wildman–Crippen MR) is 68.2 cm³/mol. The molecule has 0 spiro atoms. The van der Waals surface area contributed by atoms with Crippen molar-refractivity contribution in [2.75, 3.05) is 14.2 Å². The Morgan fingerprint density at radius 1 is 1.65 bits per heavy atom. The van der Waals surface area contributed by atoms with Gasteiger partial charge in [-0.2, -0.15) is 5.10 Å². The van der Waals surface area contributed by atoms with E-state index in [0.29, 0.717) is 10.9 Å². The second-order valence-electron chi connectivity index (χ2n) is 4.50. The van der Waals surface area contributed by atoms with Crippen molar-refractivity contribution in [1.82, 2.24) is 15.1 Å². The van der Waals surface area contributed by atoms with Crippen molar-refractivity contribution in [3.8, 4) is 0 Å². The smallest absolute Gasteiger partial charge is 0.0835 e. The maximum atomic E-state index is 6.24. The third-order valence-corrected chi connectivity index (χ3v) is 3.72. The minimum atomic E-state index is 0.113. The van der Waals surface area contributed by atoms with E-state index in [1.807, 2.05) is 11.7 Å². The highest BCUT2D eigenvalue weighted by molar-refractivity contribution is 6.31. The van der Waals surface area contributed by atoms with Gasteiger partial charge in [-0.3, -0.25) is 4.68 Å². The number of hydrogen-bond acceptors (Lipinski definition) is 3. The normalized spacial score (nSPS) is 19.3. The highest BCUT2D eigenvalue weighted by Gasteiger charge is 2.38. The standard InChI is InChI=1S/C12H20ClN3O/c1-4-16-11(9(13)7-15-16)10(14-2)12(17-3)8-5-6-8/h7-8,10,12,14H,4-6H2,1-3H3. The molecule has 1 aromatic rings. The fourth-order valence-corrected chi connectivity index (χ4v) is 2.67. The Balaban J connectivity index is 2.29. The lowest BCUT2D eigenvalue weighted by molar-refractivity contribution is 0.0504. The fourth-order valence-electron chi connectivity index (χ4n) is 2.42. The summed E-state index contributed by atoms with van der Waals surface area (Å²) in [6.45, 7) is 2.89. The van der Waals surface area contributed by atoms with Crippen LogP contribution in [0.1, 0.15) is 31.5 Å². The summed E-state index contributed by atoms with van der Waals surface area (Å²) in [5.41, 5.74) is 1.04. The average Bonchev–Trinajstić information content (AvgIpc) is 3.10. The summed E-state index contributed by atoms with van der Waals surface area (Å²) in [7, 11) is 3.72. The zero-order valence-electron chi connectivity index (χ0n) is 10.6. The van der Waals surface area contributed by atoms with E-state index in [1.54, 1.807) is 13.3 Å². The summed E-state index contributed by atoms with van der Waals surface area (Å²) < 4.78 is 7.59. The molecule has 0 amide bonds. The summed E-state index contributed by atoms with van der Waals surface area (Å²) in [6, 6.07) is 0.113. The number of ether oxygens (including phenoxy) is 1. The molecule has 0 bridgehead atoms. The van der Waals surface area contributed by atoms with Crippen molar-refractivity contribution < 1.29 is 4.74 Å². The second kappa shape index (κ2) is 5.38. The molecule has 0 aromatic carbocycles. The Kier molecular flexibility index (Phi) is 4.07. The maximum Gasteiger partial charge on any atom is 0.0835 e. The zero-order valence-corrected chi connectivity index (χ0v) is 11.4. The summed E-state index contributed by atoms with van der Waals surface area (Å²) >= 11 is 6.24. The van der Waals surface area contributed by atoms with Crippen LogP contribution >= 0.6 is 11.6 Å². The molecule has 1 aliphatic rings. The third-order valence-electron chi connectivity index (χ3n) is 3.43. The molecule has 1 aromatic heterocycles. The van der Waals surface area contributed by atoms with Crippen LogP contribution in [0.3, 0.4) is 0 Å². The molecule has 1 heterocycles. The predicted octanol–water partition coefficient (Wildman–Crippen LogP) is 2.24. The van der Waals surface area contributed by atoms with Gasteiger partial charge in [-0.05, 0) is 32.7 Å². The van der Waals surface area contributed by atoms with Crippen LogP contribution in [0.25, 0.3) is 0 Å². The zero-order chi connectivity index (χ0) is 12.4.